The molecule has 1 aromatic rings. The van der Waals surface area contributed by atoms with Gasteiger partial charge in [0.1, 0.15) is 12.7 Å². The van der Waals surface area contributed by atoms with Crippen LogP contribution in [0.5, 0.6) is 0 Å². The molecule has 0 spiro atoms. The van der Waals surface area contributed by atoms with Crippen molar-refractivity contribution in [3.05, 3.63) is 48.6 Å². The van der Waals surface area contributed by atoms with E-state index in [0.717, 1.165) is 17.0 Å². The van der Waals surface area contributed by atoms with E-state index in [2.05, 4.69) is 4.98 Å². The number of carbonyl (C=O) groups excluding carboxylic acids is 2. The molecule has 2 heterocycles. The Morgan fingerprint density at radius 3 is 2.50 bits per heavy atom. The fourth-order valence-corrected chi connectivity index (χ4v) is 2.94. The Morgan fingerprint density at radius 1 is 1.25 bits per heavy atom. The predicted molar refractivity (Wildman–Crippen MR) is 105 cm³/mol. The average Bonchev–Trinajstić information content (AvgIpc) is 2.71. The lowest BCUT2D eigenvalue weighted by molar-refractivity contribution is -0.901. The van der Waals surface area contributed by atoms with Crippen LogP contribution in [0.15, 0.2) is 43.0 Å². The Labute approximate surface area is 165 Å². The van der Waals surface area contributed by atoms with Gasteiger partial charge in [0.05, 0.1) is 6.20 Å². The molecule has 1 aliphatic rings. The van der Waals surface area contributed by atoms with E-state index in [-0.39, 0.29) is 6.54 Å². The van der Waals surface area contributed by atoms with Gasteiger partial charge in [0.25, 0.3) is 5.78 Å². The van der Waals surface area contributed by atoms with E-state index in [4.69, 9.17) is 0 Å². The molecule has 7 heteroatoms. The lowest BCUT2D eigenvalue weighted by Gasteiger charge is -2.39. The van der Waals surface area contributed by atoms with Gasteiger partial charge in [-0.3, -0.25) is 9.78 Å². The summed E-state index contributed by atoms with van der Waals surface area (Å²) >= 11 is 0. The van der Waals surface area contributed by atoms with Crippen LogP contribution in [0.1, 0.15) is 52.5 Å². The molecule has 0 aliphatic carbocycles. The zero-order valence-electron chi connectivity index (χ0n) is 16.9. The maximum absolute atomic E-state index is 13.3. The van der Waals surface area contributed by atoms with Crippen molar-refractivity contribution in [2.75, 3.05) is 6.54 Å². The Bertz CT molecular complexity index is 814. The number of aromatic nitrogens is 1. The molecule has 1 unspecified atom stereocenters. The maximum atomic E-state index is 13.3. The third kappa shape index (κ3) is 4.04. The summed E-state index contributed by atoms with van der Waals surface area (Å²) in [6, 6.07) is 3.56. The highest BCUT2D eigenvalue weighted by Gasteiger charge is 2.52. The molecule has 0 saturated carbocycles. The van der Waals surface area contributed by atoms with Crippen molar-refractivity contribution in [1.82, 2.24) is 9.99 Å². The van der Waals surface area contributed by atoms with Crippen LogP contribution in [0, 0.1) is 5.41 Å². The highest BCUT2D eigenvalue weighted by Crippen LogP contribution is 2.32. The molecule has 2 amide bonds. The van der Waals surface area contributed by atoms with Crippen molar-refractivity contribution in [2.24, 2.45) is 5.41 Å². The minimum atomic E-state index is -1.29. The van der Waals surface area contributed by atoms with Gasteiger partial charge >= 0.3 is 12.0 Å². The van der Waals surface area contributed by atoms with Crippen LogP contribution in [-0.4, -0.2) is 44.0 Å². The molecule has 150 valence electrons. The van der Waals surface area contributed by atoms with E-state index in [1.165, 1.54) is 12.4 Å². The topological polar surface area (TPSA) is 87.6 Å². The molecule has 0 saturated heterocycles. The number of pyridine rings is 1. The number of allylic oxidation sites excluding steroid dienone is 2. The van der Waals surface area contributed by atoms with Gasteiger partial charge in [0.2, 0.25) is 0 Å². The number of carbonyl (C=O) groups is 3. The van der Waals surface area contributed by atoms with Crippen LogP contribution in [-0.2, 0) is 9.59 Å². The second-order valence-electron chi connectivity index (χ2n) is 7.54. The average molecular weight is 386 g/mol. The monoisotopic (exact) mass is 386 g/mol. The van der Waals surface area contributed by atoms with E-state index in [1.807, 2.05) is 19.9 Å². The minimum Gasteiger partial charge on any atom is -0.461 e. The van der Waals surface area contributed by atoms with Crippen LogP contribution < -0.4 is 0 Å². The second-order valence-corrected chi connectivity index (χ2v) is 7.54. The second kappa shape index (κ2) is 8.48. The van der Waals surface area contributed by atoms with Crippen molar-refractivity contribution >= 4 is 23.4 Å². The zero-order valence-corrected chi connectivity index (χ0v) is 16.9. The van der Waals surface area contributed by atoms with Gasteiger partial charge in [0.15, 0.2) is 0 Å². The van der Waals surface area contributed by atoms with E-state index >= 15 is 0 Å². The van der Waals surface area contributed by atoms with Crippen LogP contribution in [0.2, 0.25) is 0 Å². The maximum Gasteiger partial charge on any atom is 0.457 e. The fourth-order valence-electron chi connectivity index (χ4n) is 2.94. The number of unbranched alkanes of at least 4 members (excludes halogenated alkanes) is 1. The number of hydrogen-bond acceptors (Lipinski definition) is 4. The van der Waals surface area contributed by atoms with Gasteiger partial charge in [-0.25, -0.2) is 9.59 Å². The Kier molecular flexibility index (Phi) is 6.51. The van der Waals surface area contributed by atoms with Crippen molar-refractivity contribution in [3.8, 4) is 0 Å². The highest BCUT2D eigenvalue weighted by atomic mass is 16.4. The summed E-state index contributed by atoms with van der Waals surface area (Å²) in [6.45, 7) is 7.40. The zero-order chi connectivity index (χ0) is 20.9. The molecule has 7 nitrogen and oxygen atoms in total. The minimum absolute atomic E-state index is 0.195. The molecule has 1 aliphatic heterocycles. The van der Waals surface area contributed by atoms with Crippen LogP contribution >= 0.6 is 0 Å². The number of Topliss-reactive ketones (excluding diaryl/α,β-unsaturated/α-hetero) is 1. The van der Waals surface area contributed by atoms with Gasteiger partial charge in [-0.1, -0.05) is 40.2 Å². The predicted octanol–water partition coefficient (Wildman–Crippen LogP) is 3.99. The van der Waals surface area contributed by atoms with Crippen molar-refractivity contribution in [2.45, 2.75) is 47.0 Å². The molecule has 0 bridgehead atoms. The number of nitrogens with zero attached hydrogens (tertiary/aromatic N) is 3. The van der Waals surface area contributed by atoms with Crippen LogP contribution in [0.4, 0.5) is 4.79 Å². The molecular weight excluding hydrogens is 358 g/mol. The summed E-state index contributed by atoms with van der Waals surface area (Å²) in [6.07, 6.45) is 8.40. The number of hydrogen-bond donors (Lipinski definition) is 1. The molecule has 0 aromatic carbocycles. The molecule has 0 radical (unpaired) electrons. The third-order valence-corrected chi connectivity index (χ3v) is 5.23. The standard InChI is InChI=1S/C21H27N3O4/c1-5-7-12-24(19(26)18(25)21(3,4)6-2)13-10-17(15-23(24)20(27)28)16-9-8-11-22-14-16/h8-11,13-15H,5-7,12H2,1-4H3/p+1. The SMILES string of the molecule is CCCC[N+]1(C(=O)C(=O)C(C)(C)CC)C=CC(c2cccnc2)=CN1C(=O)O. The number of ketones is 1. The van der Waals surface area contributed by atoms with Crippen LogP contribution in [0.3, 0.4) is 0 Å². The van der Waals surface area contributed by atoms with Gasteiger partial charge < -0.3 is 5.11 Å². The lowest BCUT2D eigenvalue weighted by Crippen LogP contribution is -2.64. The largest absolute Gasteiger partial charge is 0.461 e. The fraction of sp³-hybridized carbons (Fsp3) is 0.429. The van der Waals surface area contributed by atoms with Crippen molar-refractivity contribution in [3.63, 3.8) is 0 Å². The van der Waals surface area contributed by atoms with Crippen LogP contribution in [0.25, 0.3) is 5.57 Å². The molecule has 1 atom stereocenters. The Hall–Kier alpha value is -2.80. The summed E-state index contributed by atoms with van der Waals surface area (Å²) < 4.78 is -0.671. The number of rotatable bonds is 7. The molecule has 2 rings (SSSR count). The van der Waals surface area contributed by atoms with E-state index in [9.17, 15) is 19.5 Å². The quantitative estimate of drug-likeness (QED) is 0.565. The van der Waals surface area contributed by atoms with Gasteiger partial charge in [-0.15, -0.1) is 9.60 Å². The van der Waals surface area contributed by atoms with Crippen molar-refractivity contribution < 1.29 is 24.1 Å². The summed E-state index contributed by atoms with van der Waals surface area (Å²) in [4.78, 5) is 42.4. The van der Waals surface area contributed by atoms with E-state index in [0.29, 0.717) is 18.4 Å². The third-order valence-electron chi connectivity index (χ3n) is 5.23. The molecule has 1 aromatic heterocycles. The number of amides is 2. The van der Waals surface area contributed by atoms with Gasteiger partial charge in [0, 0.05) is 35.0 Å². The normalized spacial score (nSPS) is 19.3. The summed E-state index contributed by atoms with van der Waals surface area (Å²) in [5.41, 5.74) is 0.474. The van der Waals surface area contributed by atoms with Gasteiger partial charge in [-0.05, 0) is 18.9 Å². The Balaban J connectivity index is 2.55. The first kappa shape index (κ1) is 21.5. The summed E-state index contributed by atoms with van der Waals surface area (Å²) in [5.74, 6) is -1.30. The van der Waals surface area contributed by atoms with Crippen molar-refractivity contribution in [1.29, 1.82) is 0 Å². The Morgan fingerprint density at radius 2 is 1.96 bits per heavy atom. The molecule has 0 fully saturated rings. The molecule has 1 N–H and O–H groups in total. The lowest BCUT2D eigenvalue weighted by atomic mass is 9.84. The first-order valence-electron chi connectivity index (χ1n) is 9.50. The summed E-state index contributed by atoms with van der Waals surface area (Å²) in [5, 5.41) is 10.8. The molecular formula is C21H28N3O4+. The first-order valence-corrected chi connectivity index (χ1v) is 9.50. The smallest absolute Gasteiger partial charge is 0.457 e. The highest BCUT2D eigenvalue weighted by molar-refractivity contribution is 6.35. The van der Waals surface area contributed by atoms with E-state index in [1.54, 1.807) is 38.4 Å². The van der Waals surface area contributed by atoms with Gasteiger partial charge in [-0.2, -0.15) is 0 Å². The number of carboxylic acid groups (broad SMARTS) is 1. The van der Waals surface area contributed by atoms with E-state index < -0.39 is 27.8 Å². The number of quaternary nitrogens is 1. The first-order chi connectivity index (χ1) is 13.2. The molecule has 28 heavy (non-hydrogen) atoms. The summed E-state index contributed by atoms with van der Waals surface area (Å²) in [7, 11) is 0.